The molecule has 1 aromatic rings. The van der Waals surface area contributed by atoms with Gasteiger partial charge in [0.2, 0.25) is 5.91 Å². The SMILES string of the molecule is Nc1ccccc1CCC(=O)N(CC(=O)O)CC1CC1. The number of hydrogen-bond acceptors (Lipinski definition) is 3. The molecule has 0 radical (unpaired) electrons. The Morgan fingerprint density at radius 3 is 2.60 bits per heavy atom. The van der Waals surface area contributed by atoms with E-state index in [-0.39, 0.29) is 12.5 Å². The minimum Gasteiger partial charge on any atom is -0.480 e. The fraction of sp³-hybridized carbons (Fsp3) is 0.467. The van der Waals surface area contributed by atoms with E-state index in [0.717, 1.165) is 18.4 Å². The van der Waals surface area contributed by atoms with Gasteiger partial charge in [-0.15, -0.1) is 0 Å². The number of carbonyl (C=O) groups excluding carboxylic acids is 1. The Balaban J connectivity index is 1.90. The van der Waals surface area contributed by atoms with Gasteiger partial charge in [-0.25, -0.2) is 0 Å². The summed E-state index contributed by atoms with van der Waals surface area (Å²) in [6.07, 6.45) is 3.03. The molecule has 1 amide bonds. The highest BCUT2D eigenvalue weighted by atomic mass is 16.4. The molecule has 5 heteroatoms. The summed E-state index contributed by atoms with van der Waals surface area (Å²) in [7, 11) is 0. The number of aliphatic carboxylic acids is 1. The van der Waals surface area contributed by atoms with Crippen LogP contribution in [-0.2, 0) is 16.0 Å². The molecule has 1 aromatic carbocycles. The van der Waals surface area contributed by atoms with Crippen LogP contribution in [0.1, 0.15) is 24.8 Å². The zero-order valence-corrected chi connectivity index (χ0v) is 11.4. The third-order valence-electron chi connectivity index (χ3n) is 3.52. The topological polar surface area (TPSA) is 83.6 Å². The van der Waals surface area contributed by atoms with Crippen molar-refractivity contribution in [3.8, 4) is 0 Å². The van der Waals surface area contributed by atoms with E-state index < -0.39 is 5.97 Å². The fourth-order valence-electron chi connectivity index (χ4n) is 2.19. The van der Waals surface area contributed by atoms with Crippen LogP contribution < -0.4 is 5.73 Å². The predicted molar refractivity (Wildman–Crippen MR) is 76.1 cm³/mol. The normalized spacial score (nSPS) is 14.0. The Labute approximate surface area is 118 Å². The molecule has 0 atom stereocenters. The summed E-state index contributed by atoms with van der Waals surface area (Å²) in [5, 5.41) is 8.88. The number of carboxylic acids is 1. The second-order valence-electron chi connectivity index (χ2n) is 5.31. The average Bonchev–Trinajstić information content (AvgIpc) is 3.20. The van der Waals surface area contributed by atoms with Crippen molar-refractivity contribution in [3.05, 3.63) is 29.8 Å². The highest BCUT2D eigenvalue weighted by molar-refractivity contribution is 5.81. The first-order chi connectivity index (χ1) is 9.56. The van der Waals surface area contributed by atoms with Crippen LogP contribution in [0.5, 0.6) is 0 Å². The van der Waals surface area contributed by atoms with Crippen molar-refractivity contribution in [2.45, 2.75) is 25.7 Å². The fourth-order valence-corrected chi connectivity index (χ4v) is 2.19. The molecule has 0 saturated heterocycles. The van der Waals surface area contributed by atoms with Gasteiger partial charge in [0.15, 0.2) is 0 Å². The maximum Gasteiger partial charge on any atom is 0.323 e. The molecule has 1 saturated carbocycles. The number of carbonyl (C=O) groups is 2. The summed E-state index contributed by atoms with van der Waals surface area (Å²) in [5.41, 5.74) is 7.44. The molecule has 0 aromatic heterocycles. The Bertz CT molecular complexity index is 498. The Morgan fingerprint density at radius 1 is 1.30 bits per heavy atom. The van der Waals surface area contributed by atoms with Crippen molar-refractivity contribution >= 4 is 17.6 Å². The molecule has 1 aliphatic carbocycles. The summed E-state index contributed by atoms with van der Waals surface area (Å²) < 4.78 is 0. The standard InChI is InChI=1S/C15H20N2O3/c16-13-4-2-1-3-12(13)7-8-14(18)17(10-15(19)20)9-11-5-6-11/h1-4,11H,5-10,16H2,(H,19,20). The highest BCUT2D eigenvalue weighted by Gasteiger charge is 2.27. The van der Waals surface area contributed by atoms with Gasteiger partial charge in [0, 0.05) is 18.7 Å². The van der Waals surface area contributed by atoms with E-state index in [1.165, 1.54) is 4.90 Å². The molecule has 20 heavy (non-hydrogen) atoms. The maximum atomic E-state index is 12.1. The number of nitrogens with zero attached hydrogens (tertiary/aromatic N) is 1. The first-order valence-electron chi connectivity index (χ1n) is 6.89. The van der Waals surface area contributed by atoms with Crippen LogP contribution in [-0.4, -0.2) is 35.0 Å². The number of carboxylic acid groups (broad SMARTS) is 1. The molecular formula is C15H20N2O3. The summed E-state index contributed by atoms with van der Waals surface area (Å²) in [6, 6.07) is 7.43. The van der Waals surface area contributed by atoms with Crippen LogP contribution in [0.3, 0.4) is 0 Å². The number of hydrogen-bond donors (Lipinski definition) is 2. The molecule has 1 fully saturated rings. The molecule has 0 bridgehead atoms. The minimum atomic E-state index is -0.960. The molecule has 1 aliphatic rings. The quantitative estimate of drug-likeness (QED) is 0.740. The molecule has 2 rings (SSSR count). The van der Waals surface area contributed by atoms with Gasteiger partial charge in [-0.2, -0.15) is 0 Å². The predicted octanol–water partition coefficient (Wildman–Crippen LogP) is 1.52. The zero-order chi connectivity index (χ0) is 14.5. The van der Waals surface area contributed by atoms with Gasteiger partial charge < -0.3 is 15.7 Å². The van der Waals surface area contributed by atoms with Crippen LogP contribution in [0, 0.1) is 5.92 Å². The Morgan fingerprint density at radius 2 is 2.00 bits per heavy atom. The number of rotatable bonds is 7. The molecule has 3 N–H and O–H groups in total. The minimum absolute atomic E-state index is 0.109. The van der Waals surface area contributed by atoms with Crippen LogP contribution >= 0.6 is 0 Å². The van der Waals surface area contributed by atoms with Crippen molar-refractivity contribution in [1.82, 2.24) is 4.90 Å². The molecule has 0 unspecified atom stereocenters. The van der Waals surface area contributed by atoms with Crippen LogP contribution in [0.2, 0.25) is 0 Å². The average molecular weight is 276 g/mol. The number of aryl methyl sites for hydroxylation is 1. The Kier molecular flexibility index (Phi) is 4.61. The summed E-state index contributed by atoms with van der Waals surface area (Å²) >= 11 is 0. The van der Waals surface area contributed by atoms with E-state index in [1.54, 1.807) is 6.07 Å². The molecule has 108 valence electrons. The second-order valence-corrected chi connectivity index (χ2v) is 5.31. The Hall–Kier alpha value is -2.04. The summed E-state index contributed by atoms with van der Waals surface area (Å²) in [6.45, 7) is 0.356. The first-order valence-corrected chi connectivity index (χ1v) is 6.89. The van der Waals surface area contributed by atoms with Crippen molar-refractivity contribution in [2.24, 2.45) is 5.92 Å². The number of anilines is 1. The summed E-state index contributed by atoms with van der Waals surface area (Å²) in [4.78, 5) is 24.4. The second kappa shape index (κ2) is 6.41. The van der Waals surface area contributed by atoms with Crippen molar-refractivity contribution in [2.75, 3.05) is 18.8 Å². The zero-order valence-electron chi connectivity index (χ0n) is 11.4. The van der Waals surface area contributed by atoms with Crippen molar-refractivity contribution in [1.29, 1.82) is 0 Å². The van der Waals surface area contributed by atoms with E-state index >= 15 is 0 Å². The van der Waals surface area contributed by atoms with Gasteiger partial charge in [0.1, 0.15) is 6.54 Å². The lowest BCUT2D eigenvalue weighted by atomic mass is 10.1. The lowest BCUT2D eigenvalue weighted by Gasteiger charge is -2.20. The number of nitrogens with two attached hydrogens (primary N) is 1. The van der Waals surface area contributed by atoms with Gasteiger partial charge in [-0.3, -0.25) is 9.59 Å². The van der Waals surface area contributed by atoms with Gasteiger partial charge in [-0.05, 0) is 36.8 Å². The lowest BCUT2D eigenvalue weighted by molar-refractivity contribution is -0.144. The van der Waals surface area contributed by atoms with E-state index in [1.807, 2.05) is 18.2 Å². The number of nitrogen functional groups attached to an aromatic ring is 1. The summed E-state index contributed by atoms with van der Waals surface area (Å²) in [5.74, 6) is -0.583. The van der Waals surface area contributed by atoms with Crippen LogP contribution in [0.4, 0.5) is 5.69 Å². The van der Waals surface area contributed by atoms with E-state index in [0.29, 0.717) is 31.0 Å². The molecule has 0 heterocycles. The van der Waals surface area contributed by atoms with Crippen LogP contribution in [0.25, 0.3) is 0 Å². The molecular weight excluding hydrogens is 256 g/mol. The van der Waals surface area contributed by atoms with Gasteiger partial charge in [0.05, 0.1) is 0 Å². The smallest absolute Gasteiger partial charge is 0.323 e. The largest absolute Gasteiger partial charge is 0.480 e. The van der Waals surface area contributed by atoms with E-state index in [2.05, 4.69) is 0 Å². The number of amides is 1. The van der Waals surface area contributed by atoms with Crippen molar-refractivity contribution < 1.29 is 14.7 Å². The molecule has 0 aliphatic heterocycles. The lowest BCUT2D eigenvalue weighted by Crippen LogP contribution is -2.37. The van der Waals surface area contributed by atoms with Gasteiger partial charge in [-0.1, -0.05) is 18.2 Å². The van der Waals surface area contributed by atoms with Gasteiger partial charge >= 0.3 is 5.97 Å². The highest BCUT2D eigenvalue weighted by Crippen LogP contribution is 2.29. The maximum absolute atomic E-state index is 12.1. The number of benzene rings is 1. The van der Waals surface area contributed by atoms with Crippen molar-refractivity contribution in [3.63, 3.8) is 0 Å². The monoisotopic (exact) mass is 276 g/mol. The van der Waals surface area contributed by atoms with E-state index in [4.69, 9.17) is 10.8 Å². The van der Waals surface area contributed by atoms with Crippen LogP contribution in [0.15, 0.2) is 24.3 Å². The third-order valence-corrected chi connectivity index (χ3v) is 3.52. The molecule has 0 spiro atoms. The van der Waals surface area contributed by atoms with E-state index in [9.17, 15) is 9.59 Å². The third kappa shape index (κ3) is 4.26. The van der Waals surface area contributed by atoms with Gasteiger partial charge in [0.25, 0.3) is 0 Å². The first kappa shape index (κ1) is 14.4. The molecule has 5 nitrogen and oxygen atoms in total. The number of para-hydroxylation sites is 1.